The second kappa shape index (κ2) is 10.8. The van der Waals surface area contributed by atoms with Crippen molar-refractivity contribution in [2.24, 2.45) is 0 Å². The molecule has 0 fully saturated rings. The van der Waals surface area contributed by atoms with E-state index in [0.717, 1.165) is 11.3 Å². The molecule has 0 atom stereocenters. The van der Waals surface area contributed by atoms with Crippen LogP contribution >= 0.6 is 11.3 Å². The molecule has 2 amide bonds. The summed E-state index contributed by atoms with van der Waals surface area (Å²) in [6.45, 7) is 7.62. The highest BCUT2D eigenvalue weighted by atomic mass is 32.1. The van der Waals surface area contributed by atoms with Crippen molar-refractivity contribution < 1.29 is 23.6 Å². The molecule has 1 aromatic carbocycles. The van der Waals surface area contributed by atoms with E-state index in [1.807, 2.05) is 13.8 Å². The molecule has 2 N–H and O–H groups in total. The predicted molar refractivity (Wildman–Crippen MR) is 122 cm³/mol. The summed E-state index contributed by atoms with van der Waals surface area (Å²) in [5.74, 6) is -0.284. The number of carbonyl (C=O) groups is 3. The number of aryl methyl sites for hydroxylation is 1. The molecule has 174 valence electrons. The highest BCUT2D eigenvalue weighted by Crippen LogP contribution is 2.29. The molecule has 0 radical (unpaired) electrons. The van der Waals surface area contributed by atoms with Crippen molar-refractivity contribution in [3.63, 3.8) is 0 Å². The molecule has 0 bridgehead atoms. The van der Waals surface area contributed by atoms with E-state index in [2.05, 4.69) is 25.8 Å². The molecule has 2 heterocycles. The summed E-state index contributed by atoms with van der Waals surface area (Å²) in [7, 11) is 0. The monoisotopic (exact) mass is 471 g/mol. The number of hydrogen-bond donors (Lipinski definition) is 2. The maximum atomic E-state index is 12.5. The van der Waals surface area contributed by atoms with Gasteiger partial charge in [-0.25, -0.2) is 9.78 Å². The van der Waals surface area contributed by atoms with Crippen molar-refractivity contribution in [1.82, 2.24) is 20.4 Å². The molecule has 3 rings (SSSR count). The van der Waals surface area contributed by atoms with Gasteiger partial charge in [-0.2, -0.15) is 4.98 Å². The third-order valence-corrected chi connectivity index (χ3v) is 5.42. The molecule has 2 aromatic heterocycles. The van der Waals surface area contributed by atoms with E-state index in [4.69, 9.17) is 9.26 Å². The summed E-state index contributed by atoms with van der Waals surface area (Å²) >= 11 is 1.08. The lowest BCUT2D eigenvalue weighted by Gasteiger charge is -2.06. The number of ether oxygens (including phenoxy) is 1. The Bertz CT molecular complexity index is 1150. The van der Waals surface area contributed by atoms with Crippen LogP contribution in [0.1, 0.15) is 64.7 Å². The molecule has 33 heavy (non-hydrogen) atoms. The zero-order valence-electron chi connectivity index (χ0n) is 18.8. The summed E-state index contributed by atoms with van der Waals surface area (Å²) in [5, 5.41) is 9.56. The van der Waals surface area contributed by atoms with Gasteiger partial charge in [0.2, 0.25) is 17.6 Å². The van der Waals surface area contributed by atoms with Crippen molar-refractivity contribution in [3.05, 3.63) is 46.3 Å². The number of anilines is 1. The Morgan fingerprint density at radius 2 is 2.00 bits per heavy atom. The Morgan fingerprint density at radius 3 is 2.67 bits per heavy atom. The number of amides is 2. The number of thiazole rings is 1. The minimum Gasteiger partial charge on any atom is -0.462 e. The van der Waals surface area contributed by atoms with E-state index in [-0.39, 0.29) is 37.3 Å². The van der Waals surface area contributed by atoms with Gasteiger partial charge in [-0.05, 0) is 25.0 Å². The number of aromatic nitrogens is 3. The van der Waals surface area contributed by atoms with E-state index in [0.29, 0.717) is 38.5 Å². The van der Waals surface area contributed by atoms with Crippen LogP contribution in [0.3, 0.4) is 0 Å². The Morgan fingerprint density at radius 1 is 1.21 bits per heavy atom. The lowest BCUT2D eigenvalue weighted by molar-refractivity contribution is -0.116. The first-order chi connectivity index (χ1) is 15.8. The first-order valence-corrected chi connectivity index (χ1v) is 11.3. The Labute approximate surface area is 194 Å². The van der Waals surface area contributed by atoms with Crippen LogP contribution in [0.2, 0.25) is 0 Å². The third-order valence-electron chi connectivity index (χ3n) is 4.46. The minimum atomic E-state index is -0.454. The Balaban J connectivity index is 1.55. The van der Waals surface area contributed by atoms with E-state index in [9.17, 15) is 14.4 Å². The molecule has 0 saturated carbocycles. The largest absolute Gasteiger partial charge is 0.462 e. The molecule has 0 unspecified atom stereocenters. The molecule has 0 spiro atoms. The highest BCUT2D eigenvalue weighted by molar-refractivity contribution is 7.17. The summed E-state index contributed by atoms with van der Waals surface area (Å²) in [6.07, 6.45) is 0.0425. The van der Waals surface area contributed by atoms with Gasteiger partial charge in [0.25, 0.3) is 5.91 Å². The fourth-order valence-electron chi connectivity index (χ4n) is 2.91. The van der Waals surface area contributed by atoms with Gasteiger partial charge >= 0.3 is 5.97 Å². The summed E-state index contributed by atoms with van der Waals surface area (Å²) in [6, 6.07) is 6.81. The maximum absolute atomic E-state index is 12.5. The number of benzene rings is 1. The van der Waals surface area contributed by atoms with Crippen LogP contribution in [0.5, 0.6) is 0 Å². The standard InChI is InChI=1S/C22H25N5O5S/c1-5-31-21(30)18-17(12(2)3)26-22(33-18)25-16(28)9-10-23-20(29)15-8-6-7-14(11-15)19-24-13(4)32-27-19/h6-8,11-12H,5,9-10H2,1-4H3,(H,23,29)(H,25,26,28). The van der Waals surface area contributed by atoms with Crippen LogP contribution in [0.15, 0.2) is 28.8 Å². The van der Waals surface area contributed by atoms with Gasteiger partial charge in [-0.1, -0.05) is 42.5 Å². The fraction of sp³-hybridized carbons (Fsp3) is 0.364. The second-order valence-corrected chi connectivity index (χ2v) is 8.38. The smallest absolute Gasteiger partial charge is 0.350 e. The topological polar surface area (TPSA) is 136 Å². The van der Waals surface area contributed by atoms with Crippen molar-refractivity contribution >= 4 is 34.3 Å². The zero-order valence-corrected chi connectivity index (χ0v) is 19.6. The first-order valence-electron chi connectivity index (χ1n) is 10.4. The zero-order chi connectivity index (χ0) is 24.0. The number of hydrogen-bond acceptors (Lipinski definition) is 9. The van der Waals surface area contributed by atoms with Gasteiger partial charge < -0.3 is 19.9 Å². The van der Waals surface area contributed by atoms with Crippen LogP contribution in [0, 0.1) is 6.92 Å². The molecule has 11 heteroatoms. The van der Waals surface area contributed by atoms with Crippen LogP contribution < -0.4 is 10.6 Å². The fourth-order valence-corrected chi connectivity index (χ4v) is 3.94. The van der Waals surface area contributed by atoms with Gasteiger partial charge in [0.15, 0.2) is 5.13 Å². The number of rotatable bonds is 9. The van der Waals surface area contributed by atoms with Crippen LogP contribution in [0.4, 0.5) is 5.13 Å². The summed E-state index contributed by atoms with van der Waals surface area (Å²) in [4.78, 5) is 45.8. The van der Waals surface area contributed by atoms with Gasteiger partial charge in [0.1, 0.15) is 4.88 Å². The lowest BCUT2D eigenvalue weighted by Crippen LogP contribution is -2.27. The highest BCUT2D eigenvalue weighted by Gasteiger charge is 2.22. The van der Waals surface area contributed by atoms with Crippen LogP contribution in [-0.4, -0.2) is 46.1 Å². The van der Waals surface area contributed by atoms with Gasteiger partial charge in [0.05, 0.1) is 12.3 Å². The maximum Gasteiger partial charge on any atom is 0.350 e. The van der Waals surface area contributed by atoms with Gasteiger partial charge in [-0.3, -0.25) is 9.59 Å². The number of esters is 1. The predicted octanol–water partition coefficient (Wildman–Crippen LogP) is 3.56. The molecular formula is C22H25N5O5S. The van der Waals surface area contributed by atoms with Gasteiger partial charge in [-0.15, -0.1) is 0 Å². The molecule has 0 saturated heterocycles. The molecule has 10 nitrogen and oxygen atoms in total. The lowest BCUT2D eigenvalue weighted by atomic mass is 10.1. The van der Waals surface area contributed by atoms with Crippen molar-refractivity contribution in [2.45, 2.75) is 40.0 Å². The minimum absolute atomic E-state index is 0.00211. The Hall–Kier alpha value is -3.60. The van der Waals surface area contributed by atoms with E-state index in [1.165, 1.54) is 0 Å². The first kappa shape index (κ1) is 24.1. The van der Waals surface area contributed by atoms with Gasteiger partial charge in [0, 0.05) is 31.0 Å². The van der Waals surface area contributed by atoms with E-state index >= 15 is 0 Å². The molecule has 0 aliphatic carbocycles. The number of nitrogens with one attached hydrogen (secondary N) is 2. The molecule has 0 aliphatic rings. The van der Waals surface area contributed by atoms with E-state index in [1.54, 1.807) is 38.1 Å². The van der Waals surface area contributed by atoms with Crippen molar-refractivity contribution in [1.29, 1.82) is 0 Å². The second-order valence-electron chi connectivity index (χ2n) is 7.38. The molecule has 3 aromatic rings. The van der Waals surface area contributed by atoms with E-state index < -0.39 is 5.97 Å². The average Bonchev–Trinajstić information content (AvgIpc) is 3.40. The molecular weight excluding hydrogens is 446 g/mol. The SMILES string of the molecule is CCOC(=O)c1sc(NC(=O)CCNC(=O)c2cccc(-c3noc(C)n3)c2)nc1C(C)C. The molecule has 0 aliphatic heterocycles. The van der Waals surface area contributed by atoms with Crippen LogP contribution in [0.25, 0.3) is 11.4 Å². The number of nitrogens with zero attached hydrogens (tertiary/aromatic N) is 3. The summed E-state index contributed by atoms with van der Waals surface area (Å²) < 4.78 is 10.0. The van der Waals surface area contributed by atoms with Crippen molar-refractivity contribution in [3.8, 4) is 11.4 Å². The van der Waals surface area contributed by atoms with Crippen LogP contribution in [-0.2, 0) is 9.53 Å². The average molecular weight is 472 g/mol. The quantitative estimate of drug-likeness (QED) is 0.452. The third kappa shape index (κ3) is 6.22. The number of carbonyl (C=O) groups excluding carboxylic acids is 3. The Kier molecular flexibility index (Phi) is 7.88. The normalized spacial score (nSPS) is 10.8. The summed E-state index contributed by atoms with van der Waals surface area (Å²) in [5.41, 5.74) is 1.65. The van der Waals surface area contributed by atoms with Crippen molar-refractivity contribution in [2.75, 3.05) is 18.5 Å².